The fourth-order valence-corrected chi connectivity index (χ4v) is 8.53. The fraction of sp³-hybridized carbons (Fsp3) is 0.364. The molecule has 3 aromatic rings. The van der Waals surface area contributed by atoms with Crippen LogP contribution < -0.4 is 4.48 Å². The summed E-state index contributed by atoms with van der Waals surface area (Å²) in [6.07, 6.45) is 1.37. The van der Waals surface area contributed by atoms with Crippen molar-refractivity contribution in [2.24, 2.45) is 0 Å². The van der Waals surface area contributed by atoms with Crippen LogP contribution in [0.5, 0.6) is 0 Å². The Balaban J connectivity index is 1.56. The number of carbonyl (C=O) groups is 1. The maximum Gasteiger partial charge on any atom is 0.502 e. The smallest absolute Gasteiger partial charge is 0.463 e. The predicted molar refractivity (Wildman–Crippen MR) is 160 cm³/mol. The number of hydrogen-bond donors (Lipinski definition) is 0. The number of benzene rings is 3. The molecule has 0 spiro atoms. The van der Waals surface area contributed by atoms with Gasteiger partial charge in [-0.05, 0) is 50.5 Å². The van der Waals surface area contributed by atoms with E-state index >= 15 is 0 Å². The molecule has 40 heavy (non-hydrogen) atoms. The molecule has 0 N–H and O–H groups in total. The van der Waals surface area contributed by atoms with E-state index in [1.54, 1.807) is 0 Å². The molecule has 7 heteroatoms. The van der Waals surface area contributed by atoms with Gasteiger partial charge in [0.15, 0.2) is 0 Å². The van der Waals surface area contributed by atoms with Crippen LogP contribution in [0.1, 0.15) is 46.4 Å². The van der Waals surface area contributed by atoms with E-state index in [-0.39, 0.29) is 18.8 Å². The molecule has 0 radical (unpaired) electrons. The average molecular weight is 559 g/mol. The summed E-state index contributed by atoms with van der Waals surface area (Å²) < 4.78 is 26.9. The second-order valence-electron chi connectivity index (χ2n) is 11.1. The molecular formula is C33H40NO5Si+. The predicted octanol–water partition coefficient (Wildman–Crippen LogP) is 6.54. The molecule has 2 unspecified atom stereocenters. The first kappa shape index (κ1) is 28.5. The van der Waals surface area contributed by atoms with E-state index in [0.717, 1.165) is 30.8 Å². The zero-order valence-corrected chi connectivity index (χ0v) is 24.8. The number of quaternary nitrogens is 1. The van der Waals surface area contributed by atoms with Crippen molar-refractivity contribution >= 4 is 20.5 Å². The molecule has 210 valence electrons. The van der Waals surface area contributed by atoms with Crippen LogP contribution in [-0.2, 0) is 22.8 Å². The molecule has 3 heterocycles. The van der Waals surface area contributed by atoms with Gasteiger partial charge in [-0.2, -0.15) is 0 Å². The molecule has 3 aromatic carbocycles. The van der Waals surface area contributed by atoms with Crippen molar-refractivity contribution in [1.29, 1.82) is 0 Å². The lowest BCUT2D eigenvalue weighted by Gasteiger charge is -2.50. The molecule has 3 aliphatic rings. The zero-order chi connectivity index (χ0) is 28.2. The summed E-state index contributed by atoms with van der Waals surface area (Å²) in [4.78, 5) is 11.7. The largest absolute Gasteiger partial charge is 0.502 e. The third-order valence-corrected chi connectivity index (χ3v) is 10.9. The van der Waals surface area contributed by atoms with Gasteiger partial charge in [0.05, 0.1) is 13.2 Å². The molecule has 0 saturated carbocycles. The SMILES string of the molecule is C=CC(=O)OCCC[Si]12OCC[N+](c3ccc(C)cc3)(CC(c3ccc(C)cc3)O1)CC(c1ccc(C)cc1)O2. The number of esters is 1. The number of carbonyl (C=O) groups excluding carboxylic acids is 1. The molecule has 6 nitrogen and oxygen atoms in total. The quantitative estimate of drug-likeness (QED) is 0.103. The Hall–Kier alpha value is -3.07. The number of ether oxygens (including phenoxy) is 1. The van der Waals surface area contributed by atoms with Crippen LogP contribution in [0.3, 0.4) is 0 Å². The van der Waals surface area contributed by atoms with E-state index in [1.807, 2.05) is 0 Å². The zero-order valence-electron chi connectivity index (χ0n) is 23.8. The minimum atomic E-state index is -3.20. The van der Waals surface area contributed by atoms with Gasteiger partial charge < -0.3 is 18.0 Å². The van der Waals surface area contributed by atoms with Crippen molar-refractivity contribution in [3.63, 3.8) is 0 Å². The van der Waals surface area contributed by atoms with Gasteiger partial charge in [0, 0.05) is 12.1 Å². The summed E-state index contributed by atoms with van der Waals surface area (Å²) in [6.45, 7) is 13.0. The number of rotatable bonds is 8. The summed E-state index contributed by atoms with van der Waals surface area (Å²) in [5.74, 6) is -0.424. The summed E-state index contributed by atoms with van der Waals surface area (Å²) in [7, 11) is -3.20. The van der Waals surface area contributed by atoms with Crippen LogP contribution in [0.25, 0.3) is 0 Å². The van der Waals surface area contributed by atoms with Gasteiger partial charge in [-0.3, -0.25) is 4.48 Å². The summed E-state index contributed by atoms with van der Waals surface area (Å²) in [5, 5.41) is 0. The van der Waals surface area contributed by atoms with Crippen molar-refractivity contribution in [3.8, 4) is 0 Å². The number of fused-ring (bicyclic) bond motifs is 6. The van der Waals surface area contributed by atoms with Crippen LogP contribution >= 0.6 is 0 Å². The first-order chi connectivity index (χ1) is 19.3. The minimum absolute atomic E-state index is 0.205. The van der Waals surface area contributed by atoms with Crippen LogP contribution in [-0.4, -0.2) is 47.6 Å². The highest BCUT2D eigenvalue weighted by molar-refractivity contribution is 6.60. The highest BCUT2D eigenvalue weighted by Crippen LogP contribution is 2.42. The molecule has 3 fully saturated rings. The Morgan fingerprint density at radius 3 is 1.88 bits per heavy atom. The second kappa shape index (κ2) is 12.2. The number of aryl methyl sites for hydroxylation is 3. The lowest BCUT2D eigenvalue weighted by molar-refractivity contribution is -0.137. The highest BCUT2D eigenvalue weighted by Gasteiger charge is 2.54. The Morgan fingerprint density at radius 1 is 0.875 bits per heavy atom. The van der Waals surface area contributed by atoms with Crippen molar-refractivity contribution in [1.82, 2.24) is 4.48 Å². The van der Waals surface area contributed by atoms with Crippen LogP contribution in [0.4, 0.5) is 5.69 Å². The molecule has 2 atom stereocenters. The summed E-state index contributed by atoms with van der Waals surface area (Å²) >= 11 is 0. The lowest BCUT2D eigenvalue weighted by atomic mass is 10.0. The normalized spacial score (nSPS) is 26.4. The summed E-state index contributed by atoms with van der Waals surface area (Å²) in [5.41, 5.74) is 7.14. The molecule has 0 aromatic heterocycles. The number of hydrogen-bond acceptors (Lipinski definition) is 5. The maximum atomic E-state index is 11.7. The van der Waals surface area contributed by atoms with E-state index in [9.17, 15) is 4.79 Å². The molecular weight excluding hydrogens is 518 g/mol. The fourth-order valence-electron chi connectivity index (χ4n) is 5.69. The van der Waals surface area contributed by atoms with Gasteiger partial charge in [-0.15, -0.1) is 0 Å². The van der Waals surface area contributed by atoms with Crippen LogP contribution in [0.15, 0.2) is 85.5 Å². The summed E-state index contributed by atoms with van der Waals surface area (Å²) in [6, 6.07) is 26.6. The first-order valence-corrected chi connectivity index (χ1v) is 16.1. The van der Waals surface area contributed by atoms with E-state index in [0.29, 0.717) is 23.6 Å². The van der Waals surface area contributed by atoms with Crippen molar-refractivity contribution in [3.05, 3.63) is 113 Å². The topological polar surface area (TPSA) is 54.0 Å². The van der Waals surface area contributed by atoms with Gasteiger partial charge in [0.25, 0.3) is 0 Å². The van der Waals surface area contributed by atoms with Crippen molar-refractivity contribution in [2.75, 3.05) is 32.8 Å². The van der Waals surface area contributed by atoms with Gasteiger partial charge >= 0.3 is 14.8 Å². The average Bonchev–Trinajstić information content (AvgIpc) is 2.93. The van der Waals surface area contributed by atoms with E-state index in [4.69, 9.17) is 18.0 Å². The molecule has 3 saturated heterocycles. The molecule has 6 rings (SSSR count). The van der Waals surface area contributed by atoms with E-state index in [1.165, 1.54) is 28.5 Å². The first-order valence-electron chi connectivity index (χ1n) is 14.2. The molecule has 0 amide bonds. The van der Waals surface area contributed by atoms with Crippen molar-refractivity contribution in [2.45, 2.75) is 45.4 Å². The van der Waals surface area contributed by atoms with Crippen LogP contribution in [0, 0.1) is 20.8 Å². The lowest BCUT2D eigenvalue weighted by Crippen LogP contribution is -2.65. The van der Waals surface area contributed by atoms with Gasteiger partial charge in [-0.25, -0.2) is 4.79 Å². The second-order valence-corrected chi connectivity index (χ2v) is 13.7. The molecule has 0 aliphatic carbocycles. The maximum absolute atomic E-state index is 11.7. The van der Waals surface area contributed by atoms with E-state index < -0.39 is 14.8 Å². The Morgan fingerprint density at radius 2 is 1.38 bits per heavy atom. The van der Waals surface area contributed by atoms with E-state index in [2.05, 4.69) is 100 Å². The molecule has 3 aliphatic heterocycles. The Bertz CT molecular complexity index is 1250. The van der Waals surface area contributed by atoms with Gasteiger partial charge in [0.2, 0.25) is 0 Å². The Kier molecular flexibility index (Phi) is 8.68. The standard InChI is InChI=1S/C33H40NO5Si/c1-5-33(35)36-20-6-22-40-37-21-19-34(30-17-11-27(4)12-18-30,23-31(38-40)28-13-7-25(2)8-14-28)24-32(39-40)29-15-9-26(3)10-16-29/h5,7-18,31-32H,1,6,19-24H2,2-4H3/q+1. The third kappa shape index (κ3) is 6.45. The molecule has 2 bridgehead atoms. The monoisotopic (exact) mass is 558 g/mol. The Labute approximate surface area is 239 Å². The van der Waals surface area contributed by atoms with Gasteiger partial charge in [0.1, 0.15) is 37.5 Å². The highest BCUT2D eigenvalue weighted by atomic mass is 28.4. The van der Waals surface area contributed by atoms with Crippen LogP contribution in [0.2, 0.25) is 6.04 Å². The number of nitrogens with zero attached hydrogens (tertiary/aromatic N) is 1. The third-order valence-electron chi connectivity index (χ3n) is 8.03. The van der Waals surface area contributed by atoms with Gasteiger partial charge in [-0.1, -0.05) is 83.9 Å². The van der Waals surface area contributed by atoms with Crippen molar-refractivity contribution < 1.29 is 22.8 Å². The minimum Gasteiger partial charge on any atom is -0.463 e.